The molecule has 6 rings (SSSR count). The van der Waals surface area contributed by atoms with Crippen LogP contribution in [0.15, 0.2) is 102 Å². The van der Waals surface area contributed by atoms with Gasteiger partial charge in [0.05, 0.1) is 23.5 Å². The number of amides is 2. The SMILES string of the molecule is O=C(Nc1ccc(-c2nc(N3CCOCC3)c3cccnc3n2)cc1)Nc1ccc(S(=O)(=O)Nc2ccccc2)cc1. The lowest BCUT2D eigenvalue weighted by molar-refractivity contribution is 0.122. The lowest BCUT2D eigenvalue weighted by atomic mass is 10.2. The molecule has 3 heterocycles. The predicted molar refractivity (Wildman–Crippen MR) is 162 cm³/mol. The third-order valence-corrected chi connectivity index (χ3v) is 8.01. The molecule has 1 saturated heterocycles. The maximum atomic E-state index is 12.6. The molecule has 42 heavy (non-hydrogen) atoms. The first-order valence-electron chi connectivity index (χ1n) is 13.3. The second-order valence-electron chi connectivity index (χ2n) is 9.50. The number of aromatic nitrogens is 3. The minimum absolute atomic E-state index is 0.0794. The van der Waals surface area contributed by atoms with E-state index in [0.717, 1.165) is 29.9 Å². The number of sulfonamides is 1. The molecule has 2 aromatic heterocycles. The molecule has 0 aliphatic carbocycles. The third-order valence-electron chi connectivity index (χ3n) is 6.61. The standard InChI is InChI=1S/C30H27N7O4S/c38-30(33-23-12-14-25(15-13-23)42(39,40)36-24-5-2-1-3-6-24)32-22-10-8-21(9-11-22)27-34-28-26(7-4-16-31-28)29(35-27)37-17-19-41-20-18-37/h1-16,36H,17-20H2,(H2,32,33,38). The number of hydrogen-bond donors (Lipinski definition) is 3. The number of rotatable bonds is 7. The van der Waals surface area contributed by atoms with Gasteiger partial charge in [0.15, 0.2) is 11.5 Å². The van der Waals surface area contributed by atoms with Crippen LogP contribution < -0.4 is 20.3 Å². The molecule has 0 unspecified atom stereocenters. The summed E-state index contributed by atoms with van der Waals surface area (Å²) >= 11 is 0. The van der Waals surface area contributed by atoms with E-state index in [2.05, 4.69) is 30.2 Å². The van der Waals surface area contributed by atoms with Crippen LogP contribution in [0.4, 0.5) is 27.7 Å². The van der Waals surface area contributed by atoms with Crippen LogP contribution in [0.3, 0.4) is 0 Å². The summed E-state index contributed by atoms with van der Waals surface area (Å²) in [5, 5.41) is 6.38. The zero-order valence-electron chi connectivity index (χ0n) is 22.4. The van der Waals surface area contributed by atoms with Crippen LogP contribution in [0.25, 0.3) is 22.4 Å². The Morgan fingerprint density at radius 1 is 0.762 bits per heavy atom. The van der Waals surface area contributed by atoms with E-state index in [0.29, 0.717) is 41.7 Å². The number of hydrogen-bond acceptors (Lipinski definition) is 8. The number of morpholine rings is 1. The van der Waals surface area contributed by atoms with E-state index in [1.54, 1.807) is 48.7 Å². The molecule has 0 saturated carbocycles. The first-order valence-corrected chi connectivity index (χ1v) is 14.7. The second kappa shape index (κ2) is 11.8. The Bertz CT molecular complexity index is 1810. The lowest BCUT2D eigenvalue weighted by Gasteiger charge is -2.28. The lowest BCUT2D eigenvalue weighted by Crippen LogP contribution is -2.37. The number of fused-ring (bicyclic) bond motifs is 1. The summed E-state index contributed by atoms with van der Waals surface area (Å²) in [6.07, 6.45) is 1.71. The van der Waals surface area contributed by atoms with Crippen molar-refractivity contribution in [3.05, 3.63) is 97.2 Å². The van der Waals surface area contributed by atoms with Gasteiger partial charge in [0.2, 0.25) is 0 Å². The molecular weight excluding hydrogens is 554 g/mol. The first-order chi connectivity index (χ1) is 20.4. The van der Waals surface area contributed by atoms with Gasteiger partial charge in [-0.3, -0.25) is 4.72 Å². The van der Waals surface area contributed by atoms with Gasteiger partial charge < -0.3 is 20.3 Å². The van der Waals surface area contributed by atoms with Gasteiger partial charge in [-0.15, -0.1) is 0 Å². The Morgan fingerprint density at radius 3 is 2.12 bits per heavy atom. The number of para-hydroxylation sites is 1. The fourth-order valence-electron chi connectivity index (χ4n) is 4.53. The van der Waals surface area contributed by atoms with E-state index < -0.39 is 16.1 Å². The Hall–Kier alpha value is -5.07. The molecular formula is C30H27N7O4S. The minimum Gasteiger partial charge on any atom is -0.378 e. The second-order valence-corrected chi connectivity index (χ2v) is 11.2. The molecule has 1 aliphatic rings. The van der Waals surface area contributed by atoms with Crippen molar-refractivity contribution >= 4 is 50.0 Å². The van der Waals surface area contributed by atoms with Crippen LogP contribution >= 0.6 is 0 Å². The quantitative estimate of drug-likeness (QED) is 0.245. The van der Waals surface area contributed by atoms with Crippen molar-refractivity contribution in [3.8, 4) is 11.4 Å². The molecule has 1 aliphatic heterocycles. The van der Waals surface area contributed by atoms with Crippen LogP contribution in [0.2, 0.25) is 0 Å². The highest BCUT2D eigenvalue weighted by molar-refractivity contribution is 7.92. The van der Waals surface area contributed by atoms with Gasteiger partial charge in [-0.2, -0.15) is 0 Å². The van der Waals surface area contributed by atoms with Crippen LogP contribution in [-0.2, 0) is 14.8 Å². The van der Waals surface area contributed by atoms with Crippen molar-refractivity contribution in [2.24, 2.45) is 0 Å². The summed E-state index contributed by atoms with van der Waals surface area (Å²) in [7, 11) is -3.76. The summed E-state index contributed by atoms with van der Waals surface area (Å²) in [5.74, 6) is 1.36. The van der Waals surface area contributed by atoms with E-state index in [-0.39, 0.29) is 4.90 Å². The van der Waals surface area contributed by atoms with Gasteiger partial charge in [-0.05, 0) is 72.8 Å². The number of anilines is 4. The fraction of sp³-hybridized carbons (Fsp3) is 0.133. The van der Waals surface area contributed by atoms with E-state index in [9.17, 15) is 13.2 Å². The number of ether oxygens (including phenoxy) is 1. The normalized spacial score (nSPS) is 13.5. The molecule has 3 N–H and O–H groups in total. The zero-order valence-corrected chi connectivity index (χ0v) is 23.2. The maximum Gasteiger partial charge on any atom is 0.323 e. The summed E-state index contributed by atoms with van der Waals surface area (Å²) in [5.41, 5.74) is 2.86. The number of urea groups is 1. The highest BCUT2D eigenvalue weighted by atomic mass is 32.2. The number of nitrogens with one attached hydrogen (secondary N) is 3. The van der Waals surface area contributed by atoms with Crippen molar-refractivity contribution in [3.63, 3.8) is 0 Å². The summed E-state index contributed by atoms with van der Waals surface area (Å²) < 4.78 is 33.3. The Morgan fingerprint density at radius 2 is 1.43 bits per heavy atom. The van der Waals surface area contributed by atoms with Crippen molar-refractivity contribution in [2.45, 2.75) is 4.90 Å². The van der Waals surface area contributed by atoms with Gasteiger partial charge in [-0.25, -0.2) is 28.2 Å². The molecule has 3 aromatic carbocycles. The zero-order chi connectivity index (χ0) is 28.9. The highest BCUT2D eigenvalue weighted by Gasteiger charge is 2.19. The molecule has 5 aromatic rings. The monoisotopic (exact) mass is 581 g/mol. The summed E-state index contributed by atoms with van der Waals surface area (Å²) in [4.78, 5) is 28.9. The molecule has 11 nitrogen and oxygen atoms in total. The van der Waals surface area contributed by atoms with Gasteiger partial charge in [0.25, 0.3) is 10.0 Å². The smallest absolute Gasteiger partial charge is 0.323 e. The van der Waals surface area contributed by atoms with Crippen molar-refractivity contribution < 1.29 is 17.9 Å². The largest absolute Gasteiger partial charge is 0.378 e. The van der Waals surface area contributed by atoms with E-state index in [1.165, 1.54) is 24.3 Å². The molecule has 2 amide bonds. The average Bonchev–Trinajstić information content (AvgIpc) is 3.02. The van der Waals surface area contributed by atoms with Crippen molar-refractivity contribution in [1.82, 2.24) is 15.0 Å². The maximum absolute atomic E-state index is 12.6. The first kappa shape index (κ1) is 27.1. The molecule has 0 radical (unpaired) electrons. The molecule has 0 atom stereocenters. The van der Waals surface area contributed by atoms with Crippen LogP contribution in [0, 0.1) is 0 Å². The number of carbonyl (C=O) groups is 1. The fourth-order valence-corrected chi connectivity index (χ4v) is 5.58. The summed E-state index contributed by atoms with van der Waals surface area (Å²) in [6, 6.07) is 25.1. The van der Waals surface area contributed by atoms with Gasteiger partial charge in [-0.1, -0.05) is 18.2 Å². The molecule has 0 bridgehead atoms. The van der Waals surface area contributed by atoms with E-state index in [4.69, 9.17) is 9.72 Å². The average molecular weight is 582 g/mol. The number of benzene rings is 3. The topological polar surface area (TPSA) is 138 Å². The van der Waals surface area contributed by atoms with Gasteiger partial charge in [0, 0.05) is 41.9 Å². The predicted octanol–water partition coefficient (Wildman–Crippen LogP) is 4.97. The van der Waals surface area contributed by atoms with Crippen molar-refractivity contribution in [2.75, 3.05) is 46.6 Å². The number of nitrogens with zero attached hydrogens (tertiary/aromatic N) is 4. The van der Waals surface area contributed by atoms with Crippen LogP contribution in [-0.4, -0.2) is 55.7 Å². The molecule has 212 valence electrons. The highest BCUT2D eigenvalue weighted by Crippen LogP contribution is 2.28. The Balaban J connectivity index is 1.12. The molecule has 12 heteroatoms. The Kier molecular flexibility index (Phi) is 7.62. The van der Waals surface area contributed by atoms with Crippen LogP contribution in [0.1, 0.15) is 0 Å². The van der Waals surface area contributed by atoms with E-state index in [1.807, 2.05) is 24.3 Å². The van der Waals surface area contributed by atoms with E-state index >= 15 is 0 Å². The van der Waals surface area contributed by atoms with Crippen LogP contribution in [0.5, 0.6) is 0 Å². The third kappa shape index (κ3) is 6.14. The number of carbonyl (C=O) groups excluding carboxylic acids is 1. The van der Waals surface area contributed by atoms with Gasteiger partial charge in [0.1, 0.15) is 5.82 Å². The molecule has 0 spiro atoms. The Labute approximate surface area is 242 Å². The van der Waals surface area contributed by atoms with Gasteiger partial charge >= 0.3 is 6.03 Å². The molecule has 1 fully saturated rings. The number of pyridine rings is 1. The minimum atomic E-state index is -3.76. The van der Waals surface area contributed by atoms with Crippen molar-refractivity contribution in [1.29, 1.82) is 0 Å². The summed E-state index contributed by atoms with van der Waals surface area (Å²) in [6.45, 7) is 2.75.